The maximum atomic E-state index is 14.1. The van der Waals surface area contributed by atoms with Crippen LogP contribution in [-0.4, -0.2) is 28.9 Å². The van der Waals surface area contributed by atoms with E-state index in [0.29, 0.717) is 0 Å². The van der Waals surface area contributed by atoms with E-state index in [9.17, 15) is 9.18 Å². The lowest BCUT2D eigenvalue weighted by atomic mass is 9.90. The largest absolute Gasteiger partial charge is 0.358 e. The van der Waals surface area contributed by atoms with Crippen LogP contribution in [-0.2, 0) is 12.8 Å². The standard InChI is InChI=1S/C20H18ClFN2O/c1-24(20(25)19-15(21)6-4-7-16(19)22)12-9-10-18-14(11-12)13-5-2-3-8-17(13)23-18/h2-8,12,23H,9-11H2,1H3. The first-order valence-electron chi connectivity index (χ1n) is 8.36. The van der Waals surface area contributed by atoms with Gasteiger partial charge in [-0.1, -0.05) is 35.9 Å². The Hall–Kier alpha value is -2.33. The number of fused-ring (bicyclic) bond motifs is 3. The molecule has 0 saturated heterocycles. The zero-order chi connectivity index (χ0) is 17.6. The first-order valence-corrected chi connectivity index (χ1v) is 8.73. The smallest absolute Gasteiger partial charge is 0.258 e. The van der Waals surface area contributed by atoms with E-state index < -0.39 is 5.82 Å². The van der Waals surface area contributed by atoms with Gasteiger partial charge in [-0.3, -0.25) is 4.79 Å². The highest BCUT2D eigenvalue weighted by Gasteiger charge is 2.29. The molecule has 128 valence electrons. The fourth-order valence-corrected chi connectivity index (χ4v) is 3.97. The number of rotatable bonds is 2. The molecule has 0 radical (unpaired) electrons. The molecule has 1 N–H and O–H groups in total. The topological polar surface area (TPSA) is 36.1 Å². The van der Waals surface area contributed by atoms with Crippen LogP contribution in [0.15, 0.2) is 42.5 Å². The molecule has 5 heteroatoms. The van der Waals surface area contributed by atoms with Gasteiger partial charge in [-0.2, -0.15) is 0 Å². The minimum Gasteiger partial charge on any atom is -0.358 e. The van der Waals surface area contributed by atoms with Crippen LogP contribution in [0.5, 0.6) is 0 Å². The minimum absolute atomic E-state index is 0.0230. The number of nitrogens with one attached hydrogen (secondary N) is 1. The molecule has 4 rings (SSSR count). The molecule has 0 saturated carbocycles. The predicted molar refractivity (Wildman–Crippen MR) is 97.6 cm³/mol. The van der Waals surface area contributed by atoms with E-state index in [1.165, 1.54) is 28.8 Å². The van der Waals surface area contributed by atoms with Gasteiger partial charge in [0.25, 0.3) is 5.91 Å². The zero-order valence-corrected chi connectivity index (χ0v) is 14.6. The summed E-state index contributed by atoms with van der Waals surface area (Å²) in [6.45, 7) is 0. The Balaban J connectivity index is 1.64. The van der Waals surface area contributed by atoms with E-state index in [0.717, 1.165) is 24.8 Å². The number of likely N-dealkylation sites (N-methyl/N-ethyl adjacent to an activating group) is 1. The second-order valence-corrected chi connectivity index (χ2v) is 6.94. The molecule has 0 bridgehead atoms. The molecule has 1 unspecified atom stereocenters. The van der Waals surface area contributed by atoms with Crippen LogP contribution < -0.4 is 0 Å². The van der Waals surface area contributed by atoms with Crippen molar-refractivity contribution in [3.05, 3.63) is 70.1 Å². The van der Waals surface area contributed by atoms with Crippen molar-refractivity contribution in [2.45, 2.75) is 25.3 Å². The third-order valence-electron chi connectivity index (χ3n) is 5.11. The highest BCUT2D eigenvalue weighted by atomic mass is 35.5. The lowest BCUT2D eigenvalue weighted by molar-refractivity contribution is 0.0714. The molecular formula is C20H18ClFN2O. The number of aromatic amines is 1. The molecule has 1 aliphatic carbocycles. The van der Waals surface area contributed by atoms with Crippen molar-refractivity contribution in [3.8, 4) is 0 Å². The number of benzene rings is 2. The summed E-state index contributed by atoms with van der Waals surface area (Å²) in [5.74, 6) is -0.940. The minimum atomic E-state index is -0.576. The van der Waals surface area contributed by atoms with Gasteiger partial charge in [0.2, 0.25) is 0 Å². The summed E-state index contributed by atoms with van der Waals surface area (Å²) in [6, 6.07) is 12.5. The number of carbonyl (C=O) groups excluding carboxylic acids is 1. The first kappa shape index (κ1) is 16.2. The average Bonchev–Trinajstić information content (AvgIpc) is 2.98. The molecule has 3 aromatic rings. The average molecular weight is 357 g/mol. The van der Waals surface area contributed by atoms with Crippen molar-refractivity contribution in [2.24, 2.45) is 0 Å². The van der Waals surface area contributed by atoms with E-state index >= 15 is 0 Å². The molecular weight excluding hydrogens is 339 g/mol. The zero-order valence-electron chi connectivity index (χ0n) is 13.9. The fraction of sp³-hybridized carbons (Fsp3) is 0.250. The quantitative estimate of drug-likeness (QED) is 0.716. The SMILES string of the molecule is CN(C(=O)c1c(F)cccc1Cl)C1CCc2[nH]c3ccccc3c2C1. The van der Waals surface area contributed by atoms with Crippen LogP contribution in [0.3, 0.4) is 0 Å². The number of hydrogen-bond acceptors (Lipinski definition) is 1. The van der Waals surface area contributed by atoms with E-state index in [-0.39, 0.29) is 22.5 Å². The number of nitrogens with zero attached hydrogens (tertiary/aromatic N) is 1. The lowest BCUT2D eigenvalue weighted by Crippen LogP contribution is -2.41. The summed E-state index contributed by atoms with van der Waals surface area (Å²) in [5, 5.41) is 1.35. The Morgan fingerprint density at radius 2 is 2.04 bits per heavy atom. The number of hydrogen-bond donors (Lipinski definition) is 1. The Bertz CT molecular complexity index is 945. The number of aryl methyl sites for hydroxylation is 1. The Kier molecular flexibility index (Phi) is 4.00. The molecule has 3 nitrogen and oxygen atoms in total. The van der Waals surface area contributed by atoms with Gasteiger partial charge >= 0.3 is 0 Å². The molecule has 25 heavy (non-hydrogen) atoms. The number of carbonyl (C=O) groups is 1. The normalized spacial score (nSPS) is 16.7. The van der Waals surface area contributed by atoms with Gasteiger partial charge < -0.3 is 9.88 Å². The Morgan fingerprint density at radius 1 is 1.24 bits per heavy atom. The fourth-order valence-electron chi connectivity index (χ4n) is 3.73. The summed E-state index contributed by atoms with van der Waals surface area (Å²) >= 11 is 6.06. The Labute approximate surface area is 150 Å². The summed E-state index contributed by atoms with van der Waals surface area (Å²) in [4.78, 5) is 17.9. The number of aromatic nitrogens is 1. The predicted octanol–water partition coefficient (Wildman–Crippen LogP) is 4.59. The van der Waals surface area contributed by atoms with Crippen molar-refractivity contribution < 1.29 is 9.18 Å². The van der Waals surface area contributed by atoms with Gasteiger partial charge in [-0.05, 0) is 43.0 Å². The molecule has 1 aromatic heterocycles. The second-order valence-electron chi connectivity index (χ2n) is 6.54. The van der Waals surface area contributed by atoms with E-state index in [1.54, 1.807) is 18.0 Å². The van der Waals surface area contributed by atoms with Gasteiger partial charge in [0.15, 0.2) is 0 Å². The highest BCUT2D eigenvalue weighted by molar-refractivity contribution is 6.33. The molecule has 1 amide bonds. The van der Waals surface area contributed by atoms with E-state index in [2.05, 4.69) is 17.1 Å². The van der Waals surface area contributed by atoms with Crippen molar-refractivity contribution >= 4 is 28.4 Å². The summed E-state index contributed by atoms with van der Waals surface area (Å²) in [5.41, 5.74) is 3.57. The number of halogens is 2. The van der Waals surface area contributed by atoms with Crippen LogP contribution in [0, 0.1) is 5.82 Å². The van der Waals surface area contributed by atoms with Gasteiger partial charge in [-0.25, -0.2) is 4.39 Å². The molecule has 0 spiro atoms. The monoisotopic (exact) mass is 356 g/mol. The number of para-hydroxylation sites is 1. The van der Waals surface area contributed by atoms with Crippen LogP contribution in [0.2, 0.25) is 5.02 Å². The van der Waals surface area contributed by atoms with Crippen LogP contribution in [0.1, 0.15) is 28.0 Å². The molecule has 1 heterocycles. The molecule has 1 atom stereocenters. The van der Waals surface area contributed by atoms with Crippen molar-refractivity contribution in [1.82, 2.24) is 9.88 Å². The van der Waals surface area contributed by atoms with Gasteiger partial charge in [0.05, 0.1) is 10.6 Å². The van der Waals surface area contributed by atoms with Crippen molar-refractivity contribution in [2.75, 3.05) is 7.05 Å². The summed E-state index contributed by atoms with van der Waals surface area (Å²) < 4.78 is 14.1. The molecule has 1 aliphatic rings. The lowest BCUT2D eigenvalue weighted by Gasteiger charge is -2.31. The number of H-pyrrole nitrogens is 1. The van der Waals surface area contributed by atoms with E-state index in [1.807, 2.05) is 12.1 Å². The van der Waals surface area contributed by atoms with E-state index in [4.69, 9.17) is 11.6 Å². The number of amides is 1. The molecule has 0 aliphatic heterocycles. The first-order chi connectivity index (χ1) is 12.1. The maximum Gasteiger partial charge on any atom is 0.258 e. The van der Waals surface area contributed by atoms with Crippen LogP contribution in [0.4, 0.5) is 4.39 Å². The van der Waals surface area contributed by atoms with Gasteiger partial charge in [0.1, 0.15) is 5.82 Å². The molecule has 2 aromatic carbocycles. The second kappa shape index (κ2) is 6.19. The van der Waals surface area contributed by atoms with Gasteiger partial charge in [0, 0.05) is 29.7 Å². The Morgan fingerprint density at radius 3 is 2.84 bits per heavy atom. The van der Waals surface area contributed by atoms with Crippen molar-refractivity contribution in [3.63, 3.8) is 0 Å². The van der Waals surface area contributed by atoms with Gasteiger partial charge in [-0.15, -0.1) is 0 Å². The summed E-state index contributed by atoms with van der Waals surface area (Å²) in [7, 11) is 1.73. The molecule has 0 fully saturated rings. The third kappa shape index (κ3) is 2.71. The highest BCUT2D eigenvalue weighted by Crippen LogP contribution is 2.31. The van der Waals surface area contributed by atoms with Crippen LogP contribution in [0.25, 0.3) is 10.9 Å². The maximum absolute atomic E-state index is 14.1. The van der Waals surface area contributed by atoms with Crippen LogP contribution >= 0.6 is 11.6 Å². The third-order valence-corrected chi connectivity index (χ3v) is 5.43. The van der Waals surface area contributed by atoms with Crippen molar-refractivity contribution in [1.29, 1.82) is 0 Å². The summed E-state index contributed by atoms with van der Waals surface area (Å²) in [6.07, 6.45) is 2.47.